The molecular formula is C21H29NO8. The van der Waals surface area contributed by atoms with Crippen LogP contribution in [0.15, 0.2) is 42.5 Å². The number of benzene rings is 1. The smallest absolute Gasteiger partial charge is 0.328 e. The van der Waals surface area contributed by atoms with E-state index in [-0.39, 0.29) is 25.1 Å². The van der Waals surface area contributed by atoms with Crippen molar-refractivity contribution in [1.82, 2.24) is 4.90 Å². The number of aliphatic carboxylic acids is 2. The largest absolute Gasteiger partial charge is 0.478 e. The van der Waals surface area contributed by atoms with Gasteiger partial charge >= 0.3 is 17.9 Å². The summed E-state index contributed by atoms with van der Waals surface area (Å²) >= 11 is 0. The Balaban J connectivity index is 0.000000479. The van der Waals surface area contributed by atoms with Gasteiger partial charge in [0.15, 0.2) is 0 Å². The van der Waals surface area contributed by atoms with Crippen LogP contribution in [0.4, 0.5) is 0 Å². The van der Waals surface area contributed by atoms with Crippen LogP contribution in [0, 0.1) is 5.92 Å². The molecule has 0 unspecified atom stereocenters. The fraction of sp³-hybridized carbons (Fsp3) is 0.476. The fourth-order valence-corrected chi connectivity index (χ4v) is 3.30. The normalized spacial score (nSPS) is 19.8. The van der Waals surface area contributed by atoms with Crippen molar-refractivity contribution < 1.29 is 39.5 Å². The van der Waals surface area contributed by atoms with Crippen molar-refractivity contribution in [1.29, 1.82) is 0 Å². The van der Waals surface area contributed by atoms with E-state index in [0.29, 0.717) is 38.4 Å². The van der Waals surface area contributed by atoms with Crippen molar-refractivity contribution in [3.8, 4) is 0 Å². The van der Waals surface area contributed by atoms with Gasteiger partial charge in [0, 0.05) is 31.8 Å². The van der Waals surface area contributed by atoms with E-state index in [1.807, 2.05) is 42.2 Å². The number of ether oxygens (including phenoxy) is 1. The Morgan fingerprint density at radius 2 is 1.60 bits per heavy atom. The highest BCUT2D eigenvalue weighted by Gasteiger charge is 2.62. The molecule has 0 radical (unpaired) electrons. The van der Waals surface area contributed by atoms with E-state index in [0.717, 1.165) is 12.0 Å². The van der Waals surface area contributed by atoms with Gasteiger partial charge in [-0.15, -0.1) is 0 Å². The lowest BCUT2D eigenvalue weighted by Gasteiger charge is -2.23. The maximum atomic E-state index is 12.5. The molecule has 1 aromatic rings. The molecule has 0 aromatic heterocycles. The highest BCUT2D eigenvalue weighted by atomic mass is 16.5. The Kier molecular flexibility index (Phi) is 10.7. The predicted molar refractivity (Wildman–Crippen MR) is 108 cm³/mol. The number of carbonyl (C=O) groups excluding carboxylic acids is 1. The quantitative estimate of drug-likeness (QED) is 0.295. The van der Waals surface area contributed by atoms with Gasteiger partial charge in [-0.25, -0.2) is 9.59 Å². The van der Waals surface area contributed by atoms with Crippen LogP contribution >= 0.6 is 0 Å². The molecule has 166 valence electrons. The molecule has 9 nitrogen and oxygen atoms in total. The maximum absolute atomic E-state index is 12.5. The van der Waals surface area contributed by atoms with Crippen LogP contribution in [0.5, 0.6) is 0 Å². The highest BCUT2D eigenvalue weighted by Crippen LogP contribution is 2.55. The zero-order valence-corrected chi connectivity index (χ0v) is 16.9. The molecule has 4 N–H and O–H groups in total. The SMILES string of the molecule is CCOC(=O)[C@]1(c2ccccc2)C[C@@H]1CN(CCO)CCO.O=C(O)C=CC(=O)O. The summed E-state index contributed by atoms with van der Waals surface area (Å²) in [6, 6.07) is 9.75. The van der Waals surface area contributed by atoms with Crippen molar-refractivity contribution in [2.45, 2.75) is 18.8 Å². The summed E-state index contributed by atoms with van der Waals surface area (Å²) in [6.07, 6.45) is 1.87. The van der Waals surface area contributed by atoms with Crippen LogP contribution in [0.1, 0.15) is 18.9 Å². The molecule has 1 fully saturated rings. The summed E-state index contributed by atoms with van der Waals surface area (Å²) in [4.78, 5) is 33.6. The van der Waals surface area contributed by atoms with E-state index in [1.165, 1.54) is 0 Å². The van der Waals surface area contributed by atoms with Crippen molar-refractivity contribution in [2.24, 2.45) is 5.92 Å². The van der Waals surface area contributed by atoms with E-state index < -0.39 is 17.4 Å². The van der Waals surface area contributed by atoms with E-state index >= 15 is 0 Å². The molecular weight excluding hydrogens is 394 g/mol. The molecule has 0 aliphatic heterocycles. The Morgan fingerprint density at radius 1 is 1.07 bits per heavy atom. The van der Waals surface area contributed by atoms with E-state index in [9.17, 15) is 14.4 Å². The second kappa shape index (κ2) is 12.7. The van der Waals surface area contributed by atoms with Gasteiger partial charge in [0.1, 0.15) is 0 Å². The van der Waals surface area contributed by atoms with E-state index in [4.69, 9.17) is 25.2 Å². The minimum absolute atomic E-state index is 0.0461. The van der Waals surface area contributed by atoms with Crippen LogP contribution < -0.4 is 0 Å². The molecule has 1 aliphatic rings. The number of carbonyl (C=O) groups is 3. The molecule has 0 saturated heterocycles. The summed E-state index contributed by atoms with van der Waals surface area (Å²) < 4.78 is 5.30. The first-order chi connectivity index (χ1) is 14.3. The van der Waals surface area contributed by atoms with Gasteiger partial charge < -0.3 is 25.2 Å². The highest BCUT2D eigenvalue weighted by molar-refractivity contribution is 5.89. The number of carboxylic acids is 2. The van der Waals surface area contributed by atoms with Crippen molar-refractivity contribution in [3.05, 3.63) is 48.0 Å². The average Bonchev–Trinajstić information content (AvgIpc) is 3.43. The summed E-state index contributed by atoms with van der Waals surface area (Å²) in [5.41, 5.74) is 0.423. The number of esters is 1. The summed E-state index contributed by atoms with van der Waals surface area (Å²) in [5.74, 6) is -2.52. The molecule has 30 heavy (non-hydrogen) atoms. The number of nitrogens with zero attached hydrogens (tertiary/aromatic N) is 1. The van der Waals surface area contributed by atoms with Crippen LogP contribution in [0.25, 0.3) is 0 Å². The molecule has 1 aliphatic carbocycles. The number of carboxylic acid groups (broad SMARTS) is 2. The molecule has 1 aromatic carbocycles. The number of hydrogen-bond acceptors (Lipinski definition) is 7. The van der Waals surface area contributed by atoms with Gasteiger partial charge in [-0.3, -0.25) is 9.69 Å². The van der Waals surface area contributed by atoms with Crippen molar-refractivity contribution >= 4 is 17.9 Å². The molecule has 0 heterocycles. The molecule has 2 rings (SSSR count). The molecule has 1 saturated carbocycles. The van der Waals surface area contributed by atoms with Gasteiger partial charge in [0.2, 0.25) is 0 Å². The third-order valence-corrected chi connectivity index (χ3v) is 4.71. The van der Waals surface area contributed by atoms with E-state index in [2.05, 4.69) is 0 Å². The minimum Gasteiger partial charge on any atom is -0.478 e. The van der Waals surface area contributed by atoms with Crippen LogP contribution in [0.2, 0.25) is 0 Å². The number of aliphatic hydroxyl groups is 2. The van der Waals surface area contributed by atoms with E-state index in [1.54, 1.807) is 0 Å². The maximum Gasteiger partial charge on any atom is 0.328 e. The lowest BCUT2D eigenvalue weighted by Crippen LogP contribution is -2.35. The lowest BCUT2D eigenvalue weighted by molar-refractivity contribution is -0.146. The summed E-state index contributed by atoms with van der Waals surface area (Å²) in [6.45, 7) is 3.97. The first-order valence-corrected chi connectivity index (χ1v) is 9.62. The van der Waals surface area contributed by atoms with Crippen molar-refractivity contribution in [2.75, 3.05) is 39.5 Å². The predicted octanol–water partition coefficient (Wildman–Crippen LogP) is 0.506. The zero-order chi connectivity index (χ0) is 22.6. The number of hydrogen-bond donors (Lipinski definition) is 4. The first-order valence-electron chi connectivity index (χ1n) is 9.62. The number of rotatable bonds is 11. The van der Waals surface area contributed by atoms with Gasteiger partial charge in [-0.05, 0) is 24.8 Å². The van der Waals surface area contributed by atoms with Gasteiger partial charge in [0.05, 0.1) is 25.2 Å². The Hall–Kier alpha value is -2.75. The monoisotopic (exact) mass is 423 g/mol. The number of aliphatic hydroxyl groups excluding tert-OH is 2. The first kappa shape index (κ1) is 25.3. The Labute approximate surface area is 175 Å². The Morgan fingerprint density at radius 3 is 2.03 bits per heavy atom. The van der Waals surface area contributed by atoms with Gasteiger partial charge in [-0.1, -0.05) is 30.3 Å². The van der Waals surface area contributed by atoms with Crippen molar-refractivity contribution in [3.63, 3.8) is 0 Å². The lowest BCUT2D eigenvalue weighted by atomic mass is 9.93. The fourth-order valence-electron chi connectivity index (χ4n) is 3.30. The van der Waals surface area contributed by atoms with Gasteiger partial charge in [0.25, 0.3) is 0 Å². The molecule has 2 atom stereocenters. The zero-order valence-electron chi connectivity index (χ0n) is 16.9. The molecule has 0 amide bonds. The van der Waals surface area contributed by atoms with Crippen LogP contribution in [0.3, 0.4) is 0 Å². The second-order valence-corrected chi connectivity index (χ2v) is 6.72. The van der Waals surface area contributed by atoms with Crippen LogP contribution in [-0.4, -0.2) is 82.7 Å². The molecule has 0 spiro atoms. The molecule has 9 heteroatoms. The minimum atomic E-state index is -1.26. The molecule has 0 bridgehead atoms. The average molecular weight is 423 g/mol. The van der Waals surface area contributed by atoms with Crippen LogP contribution in [-0.2, 0) is 24.5 Å². The second-order valence-electron chi connectivity index (χ2n) is 6.72. The third-order valence-electron chi connectivity index (χ3n) is 4.71. The standard InChI is InChI=1S/C17H25NO4.C4H4O4/c1-2-22-16(21)17(14-6-4-3-5-7-14)12-15(17)13-18(8-10-19)9-11-20;5-3(6)1-2-4(7)8/h3-7,15,19-20H,2,8-13H2,1H3;1-2H,(H,5,6)(H,7,8)/t15-,17+;/m1./s1. The topological polar surface area (TPSA) is 145 Å². The van der Waals surface area contributed by atoms with Gasteiger partial charge in [-0.2, -0.15) is 0 Å². The Bertz CT molecular complexity index is 699. The summed E-state index contributed by atoms with van der Waals surface area (Å²) in [5, 5.41) is 33.9. The summed E-state index contributed by atoms with van der Waals surface area (Å²) in [7, 11) is 0. The third kappa shape index (κ3) is 7.58.